The Morgan fingerprint density at radius 2 is 1.86 bits per heavy atom. The Kier molecular flexibility index (Phi) is 6.25. The lowest BCUT2D eigenvalue weighted by Gasteiger charge is -2.27. The summed E-state index contributed by atoms with van der Waals surface area (Å²) in [5.41, 5.74) is 3.91. The van der Waals surface area contributed by atoms with Crippen molar-refractivity contribution < 1.29 is 9.18 Å². The van der Waals surface area contributed by atoms with E-state index in [2.05, 4.69) is 29.4 Å². The summed E-state index contributed by atoms with van der Waals surface area (Å²) in [5, 5.41) is 5.98. The number of benzene rings is 2. The van der Waals surface area contributed by atoms with Crippen molar-refractivity contribution in [3.05, 3.63) is 87.1 Å². The third-order valence-electron chi connectivity index (χ3n) is 4.58. The smallest absolute Gasteiger partial charge is 0.226 e. The van der Waals surface area contributed by atoms with Gasteiger partial charge in [-0.05, 0) is 56.0 Å². The third kappa shape index (κ3) is 5.73. The van der Waals surface area contributed by atoms with Crippen LogP contribution < -0.4 is 5.32 Å². The third-order valence-corrected chi connectivity index (χ3v) is 5.48. The van der Waals surface area contributed by atoms with Crippen LogP contribution in [0, 0.1) is 12.7 Å². The molecule has 3 rings (SSSR count). The standard InChI is InChI=1S/C23H25FN2OS/c1-16-6-4-5-7-18(16)14-23(2,3)26-21(27)13-20-15-28-22(25-20)12-17-8-10-19(24)11-9-17/h4-11,15H,12-14H2,1-3H3,(H,26,27). The van der Waals surface area contributed by atoms with Gasteiger partial charge in [-0.1, -0.05) is 36.4 Å². The molecule has 28 heavy (non-hydrogen) atoms. The average molecular weight is 397 g/mol. The van der Waals surface area contributed by atoms with Gasteiger partial charge in [0.25, 0.3) is 0 Å². The molecule has 0 spiro atoms. The second-order valence-corrected chi connectivity index (χ2v) is 8.69. The van der Waals surface area contributed by atoms with Gasteiger partial charge in [0.1, 0.15) is 5.82 Å². The second kappa shape index (κ2) is 8.65. The number of aromatic nitrogens is 1. The van der Waals surface area contributed by atoms with E-state index in [0.29, 0.717) is 6.42 Å². The molecule has 0 radical (unpaired) electrons. The lowest BCUT2D eigenvalue weighted by Crippen LogP contribution is -2.45. The Hall–Kier alpha value is -2.53. The first-order valence-corrected chi connectivity index (χ1v) is 10.2. The van der Waals surface area contributed by atoms with Crippen LogP contribution in [-0.4, -0.2) is 16.4 Å². The van der Waals surface area contributed by atoms with Crippen LogP contribution >= 0.6 is 11.3 Å². The number of halogens is 1. The molecule has 0 atom stereocenters. The SMILES string of the molecule is Cc1ccccc1CC(C)(C)NC(=O)Cc1csc(Cc2ccc(F)cc2)n1. The maximum Gasteiger partial charge on any atom is 0.226 e. The molecule has 3 nitrogen and oxygen atoms in total. The number of nitrogens with zero attached hydrogens (tertiary/aromatic N) is 1. The highest BCUT2D eigenvalue weighted by Gasteiger charge is 2.22. The van der Waals surface area contributed by atoms with E-state index in [1.807, 2.05) is 31.4 Å². The number of thiazole rings is 1. The summed E-state index contributed by atoms with van der Waals surface area (Å²) in [7, 11) is 0. The Labute approximate surface area is 169 Å². The van der Waals surface area contributed by atoms with Crippen molar-refractivity contribution in [2.75, 3.05) is 0 Å². The molecule has 0 unspecified atom stereocenters. The first kappa shape index (κ1) is 20.2. The molecule has 2 aromatic carbocycles. The average Bonchev–Trinajstić information content (AvgIpc) is 3.05. The van der Waals surface area contributed by atoms with Crippen molar-refractivity contribution in [3.8, 4) is 0 Å². The van der Waals surface area contributed by atoms with Crippen molar-refractivity contribution in [3.63, 3.8) is 0 Å². The molecule has 0 bridgehead atoms. The first-order valence-electron chi connectivity index (χ1n) is 9.34. The van der Waals surface area contributed by atoms with Gasteiger partial charge < -0.3 is 5.32 Å². The van der Waals surface area contributed by atoms with Gasteiger partial charge in [0.05, 0.1) is 17.1 Å². The fraction of sp³-hybridized carbons (Fsp3) is 0.304. The van der Waals surface area contributed by atoms with E-state index in [4.69, 9.17) is 0 Å². The summed E-state index contributed by atoms with van der Waals surface area (Å²) >= 11 is 1.53. The molecule has 1 amide bonds. The maximum atomic E-state index is 13.0. The molecule has 0 aliphatic carbocycles. The second-order valence-electron chi connectivity index (χ2n) is 7.75. The lowest BCUT2D eigenvalue weighted by atomic mass is 9.92. The molecule has 0 aliphatic rings. The van der Waals surface area contributed by atoms with E-state index in [1.54, 1.807) is 12.1 Å². The minimum atomic E-state index is -0.337. The normalized spacial score (nSPS) is 11.4. The van der Waals surface area contributed by atoms with Gasteiger partial charge in [0, 0.05) is 17.3 Å². The van der Waals surface area contributed by atoms with Crippen molar-refractivity contribution >= 4 is 17.2 Å². The van der Waals surface area contributed by atoms with Gasteiger partial charge in [-0.15, -0.1) is 11.3 Å². The predicted octanol–water partition coefficient (Wildman–Crippen LogP) is 4.86. The summed E-state index contributed by atoms with van der Waals surface area (Å²) in [4.78, 5) is 17.1. The predicted molar refractivity (Wildman–Crippen MR) is 112 cm³/mol. The highest BCUT2D eigenvalue weighted by atomic mass is 32.1. The van der Waals surface area contributed by atoms with Gasteiger partial charge in [0.15, 0.2) is 0 Å². The molecule has 5 heteroatoms. The summed E-state index contributed by atoms with van der Waals surface area (Å²) in [6.45, 7) is 6.17. The van der Waals surface area contributed by atoms with Crippen LogP contribution in [0.1, 0.15) is 41.2 Å². The molecule has 1 aromatic heterocycles. The number of hydrogen-bond acceptors (Lipinski definition) is 3. The van der Waals surface area contributed by atoms with Crippen LogP contribution in [0.4, 0.5) is 4.39 Å². The number of carbonyl (C=O) groups excluding carboxylic acids is 1. The van der Waals surface area contributed by atoms with Crippen molar-refractivity contribution in [1.82, 2.24) is 10.3 Å². The fourth-order valence-electron chi connectivity index (χ4n) is 3.20. The van der Waals surface area contributed by atoms with E-state index in [1.165, 1.54) is 34.6 Å². The zero-order chi connectivity index (χ0) is 20.1. The van der Waals surface area contributed by atoms with Crippen LogP contribution in [0.3, 0.4) is 0 Å². The Balaban J connectivity index is 1.56. The number of amides is 1. The largest absolute Gasteiger partial charge is 0.351 e. The molecular weight excluding hydrogens is 371 g/mol. The van der Waals surface area contributed by atoms with E-state index in [9.17, 15) is 9.18 Å². The quantitative estimate of drug-likeness (QED) is 0.620. The summed E-state index contributed by atoms with van der Waals surface area (Å²) in [6, 6.07) is 14.7. The summed E-state index contributed by atoms with van der Waals surface area (Å²) < 4.78 is 13.0. The maximum absolute atomic E-state index is 13.0. The van der Waals surface area contributed by atoms with Crippen LogP contribution in [0.25, 0.3) is 0 Å². The Bertz CT molecular complexity index is 947. The molecule has 0 saturated heterocycles. The monoisotopic (exact) mass is 396 g/mol. The van der Waals surface area contributed by atoms with E-state index in [-0.39, 0.29) is 23.7 Å². The molecular formula is C23H25FN2OS. The molecule has 146 valence electrons. The van der Waals surface area contributed by atoms with Crippen LogP contribution in [-0.2, 0) is 24.1 Å². The van der Waals surface area contributed by atoms with E-state index >= 15 is 0 Å². The highest BCUT2D eigenvalue weighted by Crippen LogP contribution is 2.18. The number of nitrogens with one attached hydrogen (secondary N) is 1. The summed E-state index contributed by atoms with van der Waals surface area (Å²) in [5.74, 6) is -0.272. The first-order chi connectivity index (χ1) is 13.3. The number of aryl methyl sites for hydroxylation is 1. The minimum Gasteiger partial charge on any atom is -0.351 e. The molecule has 0 aliphatic heterocycles. The minimum absolute atomic E-state index is 0.0304. The molecule has 1 N–H and O–H groups in total. The van der Waals surface area contributed by atoms with Crippen molar-refractivity contribution in [1.29, 1.82) is 0 Å². The zero-order valence-corrected chi connectivity index (χ0v) is 17.3. The number of carbonyl (C=O) groups is 1. The number of rotatable bonds is 7. The van der Waals surface area contributed by atoms with E-state index < -0.39 is 0 Å². The van der Waals surface area contributed by atoms with Crippen molar-refractivity contribution in [2.45, 2.75) is 45.6 Å². The topological polar surface area (TPSA) is 42.0 Å². The van der Waals surface area contributed by atoms with Gasteiger partial charge in [-0.2, -0.15) is 0 Å². The van der Waals surface area contributed by atoms with Crippen LogP contribution in [0.5, 0.6) is 0 Å². The van der Waals surface area contributed by atoms with Gasteiger partial charge in [0.2, 0.25) is 5.91 Å². The lowest BCUT2D eigenvalue weighted by molar-refractivity contribution is -0.122. The molecule has 0 saturated carbocycles. The van der Waals surface area contributed by atoms with E-state index in [0.717, 1.165) is 22.7 Å². The molecule has 3 aromatic rings. The highest BCUT2D eigenvalue weighted by molar-refractivity contribution is 7.09. The molecule has 0 fully saturated rings. The number of hydrogen-bond donors (Lipinski definition) is 1. The molecule has 1 heterocycles. The fourth-order valence-corrected chi connectivity index (χ4v) is 4.03. The summed E-state index contributed by atoms with van der Waals surface area (Å²) in [6.07, 6.45) is 1.68. The van der Waals surface area contributed by atoms with Crippen LogP contribution in [0.2, 0.25) is 0 Å². The Morgan fingerprint density at radius 1 is 1.14 bits per heavy atom. The Morgan fingerprint density at radius 3 is 2.57 bits per heavy atom. The van der Waals surface area contributed by atoms with Gasteiger partial charge >= 0.3 is 0 Å². The van der Waals surface area contributed by atoms with Gasteiger partial charge in [-0.3, -0.25) is 4.79 Å². The van der Waals surface area contributed by atoms with Crippen LogP contribution in [0.15, 0.2) is 53.9 Å². The van der Waals surface area contributed by atoms with Crippen molar-refractivity contribution in [2.24, 2.45) is 0 Å². The van der Waals surface area contributed by atoms with Gasteiger partial charge in [-0.25, -0.2) is 9.37 Å². The zero-order valence-electron chi connectivity index (χ0n) is 16.5.